The maximum atomic E-state index is 13.0. The Balaban J connectivity index is 2.81. The SMILES string of the molecule is CC(=O)N[C@@H](CS)C(=O)NCC(=O)NCC(=O)N[C@@H](CCCNC(=N)N)C(=O)NCC(=O)N[C@@H](CC(=O)O)C(=O)N[C@@H](Cc1ccccc1)C(N)=O. The van der Waals surface area contributed by atoms with Crippen LogP contribution in [-0.2, 0) is 49.6 Å². The number of primary amides is 1. The molecule has 0 saturated heterocycles. The van der Waals surface area contributed by atoms with Crippen molar-refractivity contribution in [1.82, 2.24) is 42.5 Å². The smallest absolute Gasteiger partial charge is 0.305 e. The molecule has 52 heavy (non-hydrogen) atoms. The second kappa shape index (κ2) is 23.5. The Bertz CT molecular complexity index is 1460. The number of rotatable bonds is 23. The predicted molar refractivity (Wildman–Crippen MR) is 187 cm³/mol. The van der Waals surface area contributed by atoms with Crippen molar-refractivity contribution in [2.24, 2.45) is 11.5 Å². The highest BCUT2D eigenvalue weighted by molar-refractivity contribution is 7.80. The third kappa shape index (κ3) is 18.7. The Hall–Kier alpha value is -5.93. The first-order chi connectivity index (χ1) is 24.5. The van der Waals surface area contributed by atoms with Gasteiger partial charge >= 0.3 is 5.97 Å². The summed E-state index contributed by atoms with van der Waals surface area (Å²) in [6.45, 7) is -0.572. The Kier molecular flexibility index (Phi) is 19.9. The molecule has 0 spiro atoms. The molecule has 0 fully saturated rings. The lowest BCUT2D eigenvalue weighted by atomic mass is 10.0. The fourth-order valence-corrected chi connectivity index (χ4v) is 4.54. The second-order valence-electron chi connectivity index (χ2n) is 11.1. The van der Waals surface area contributed by atoms with Gasteiger partial charge in [-0.1, -0.05) is 30.3 Å². The first-order valence-corrected chi connectivity index (χ1v) is 16.4. The fourth-order valence-electron chi connectivity index (χ4n) is 4.28. The van der Waals surface area contributed by atoms with Crippen LogP contribution < -0.4 is 54.0 Å². The number of thiol groups is 1. The molecule has 22 heteroatoms. The predicted octanol–water partition coefficient (Wildman–Crippen LogP) is -5.31. The van der Waals surface area contributed by atoms with E-state index in [2.05, 4.69) is 55.2 Å². The molecule has 0 aliphatic carbocycles. The number of hydrogen-bond acceptors (Lipinski definition) is 11. The molecule has 1 aromatic carbocycles. The van der Waals surface area contributed by atoms with Crippen molar-refractivity contribution < 1.29 is 48.3 Å². The minimum atomic E-state index is -1.66. The molecule has 1 rings (SSSR count). The average molecular weight is 752 g/mol. The van der Waals surface area contributed by atoms with Crippen molar-refractivity contribution in [2.45, 2.75) is 56.8 Å². The Morgan fingerprint density at radius 3 is 1.81 bits per heavy atom. The van der Waals surface area contributed by atoms with Gasteiger partial charge in [0.05, 0.1) is 26.1 Å². The maximum absolute atomic E-state index is 13.0. The second-order valence-corrected chi connectivity index (χ2v) is 11.5. The number of carbonyl (C=O) groups excluding carboxylic acids is 8. The zero-order valence-corrected chi connectivity index (χ0v) is 29.2. The summed E-state index contributed by atoms with van der Waals surface area (Å²) < 4.78 is 0. The number of benzene rings is 1. The molecule has 286 valence electrons. The number of nitrogens with two attached hydrogens (primary N) is 2. The lowest BCUT2D eigenvalue weighted by molar-refractivity contribution is -0.141. The molecule has 21 nitrogen and oxygen atoms in total. The number of aliphatic carboxylic acids is 1. The quantitative estimate of drug-likeness (QED) is 0.0216. The van der Waals surface area contributed by atoms with Crippen LogP contribution in [0.3, 0.4) is 0 Å². The van der Waals surface area contributed by atoms with E-state index in [0.29, 0.717) is 5.56 Å². The number of hydrogen-bond donors (Lipinski definition) is 13. The molecule has 8 amide bonds. The number of carbonyl (C=O) groups is 9. The van der Waals surface area contributed by atoms with Gasteiger partial charge in [-0.2, -0.15) is 12.6 Å². The highest BCUT2D eigenvalue weighted by Gasteiger charge is 2.29. The van der Waals surface area contributed by atoms with Gasteiger partial charge in [-0.15, -0.1) is 0 Å². The Morgan fingerprint density at radius 2 is 1.27 bits per heavy atom. The van der Waals surface area contributed by atoms with Crippen molar-refractivity contribution in [3.63, 3.8) is 0 Å². The van der Waals surface area contributed by atoms with E-state index in [0.717, 1.165) is 0 Å². The molecule has 0 aliphatic rings. The van der Waals surface area contributed by atoms with Gasteiger partial charge < -0.3 is 59.1 Å². The van der Waals surface area contributed by atoms with E-state index in [9.17, 15) is 48.3 Å². The summed E-state index contributed by atoms with van der Waals surface area (Å²) in [7, 11) is 0. The number of carboxylic acids is 1. The molecule has 0 heterocycles. The van der Waals surface area contributed by atoms with Crippen LogP contribution in [0.15, 0.2) is 30.3 Å². The molecule has 0 unspecified atom stereocenters. The van der Waals surface area contributed by atoms with Crippen LogP contribution in [0, 0.1) is 5.41 Å². The normalized spacial score (nSPS) is 12.7. The summed E-state index contributed by atoms with van der Waals surface area (Å²) in [5, 5.41) is 35.2. The number of guanidine groups is 1. The first-order valence-electron chi connectivity index (χ1n) is 15.7. The summed E-state index contributed by atoms with van der Waals surface area (Å²) in [5.41, 5.74) is 11.3. The number of amides is 8. The molecule has 0 bridgehead atoms. The third-order valence-electron chi connectivity index (χ3n) is 6.78. The van der Waals surface area contributed by atoms with Crippen LogP contribution in [0.5, 0.6) is 0 Å². The van der Waals surface area contributed by atoms with Crippen molar-refractivity contribution in [2.75, 3.05) is 31.9 Å². The van der Waals surface area contributed by atoms with Crippen molar-refractivity contribution >= 4 is 71.8 Å². The molecule has 1 aromatic rings. The van der Waals surface area contributed by atoms with Crippen molar-refractivity contribution in [1.29, 1.82) is 5.41 Å². The number of carboxylic acid groups (broad SMARTS) is 1. The van der Waals surface area contributed by atoms with E-state index < -0.39 is 103 Å². The van der Waals surface area contributed by atoms with E-state index in [1.54, 1.807) is 30.3 Å². The van der Waals surface area contributed by atoms with Crippen LogP contribution in [0.2, 0.25) is 0 Å². The zero-order valence-electron chi connectivity index (χ0n) is 28.3. The van der Waals surface area contributed by atoms with E-state index in [1.807, 2.05) is 0 Å². The molecular formula is C30H45N11O10S. The van der Waals surface area contributed by atoms with Crippen LogP contribution >= 0.6 is 12.6 Å². The van der Waals surface area contributed by atoms with Gasteiger partial charge in [0.2, 0.25) is 47.3 Å². The highest BCUT2D eigenvalue weighted by Crippen LogP contribution is 2.05. The molecule has 0 aromatic heterocycles. The number of nitrogens with one attached hydrogen (secondary N) is 9. The molecular weight excluding hydrogens is 706 g/mol. The van der Waals surface area contributed by atoms with Gasteiger partial charge in [0.15, 0.2) is 5.96 Å². The topological polar surface area (TPSA) is 346 Å². The molecule has 0 radical (unpaired) electrons. The molecule has 0 aliphatic heterocycles. The van der Waals surface area contributed by atoms with Gasteiger partial charge in [-0.25, -0.2) is 0 Å². The Morgan fingerprint density at radius 1 is 0.712 bits per heavy atom. The van der Waals surface area contributed by atoms with Gasteiger partial charge in [0.25, 0.3) is 0 Å². The Labute approximate surface area is 303 Å². The highest BCUT2D eigenvalue weighted by atomic mass is 32.1. The lowest BCUT2D eigenvalue weighted by Crippen LogP contribution is -2.56. The van der Waals surface area contributed by atoms with E-state index >= 15 is 0 Å². The molecule has 14 N–H and O–H groups in total. The van der Waals surface area contributed by atoms with E-state index in [1.165, 1.54) is 6.92 Å². The monoisotopic (exact) mass is 751 g/mol. The summed E-state index contributed by atoms with van der Waals surface area (Å²) >= 11 is 3.97. The standard InChI is InChI=1S/C30H45N11O10S/c1-16(42)38-21(15-52)28(50)36-12-22(43)35-13-23(44)39-18(8-5-9-34-30(32)33)27(49)37-14-24(45)40-20(11-25(46)47)29(51)41-19(26(31)48)10-17-6-3-2-4-7-17/h2-4,6-7,18-21,52H,5,8-15H2,1H3,(H2,31,48)(H,35,43)(H,36,50)(H,37,49)(H,38,42)(H,39,44)(H,40,45)(H,41,51)(H,46,47)(H4,32,33,34)/t18-,19-,20-,21-/m0/s1. The summed E-state index contributed by atoms with van der Waals surface area (Å²) in [6.07, 6.45) is -0.700. The van der Waals surface area contributed by atoms with Crippen LogP contribution in [0.4, 0.5) is 0 Å². The molecule has 4 atom stereocenters. The van der Waals surface area contributed by atoms with Gasteiger partial charge in [0, 0.05) is 25.6 Å². The van der Waals surface area contributed by atoms with Crippen molar-refractivity contribution in [3.8, 4) is 0 Å². The zero-order chi connectivity index (χ0) is 39.2. The van der Waals surface area contributed by atoms with Crippen LogP contribution in [-0.4, -0.2) is 120 Å². The van der Waals surface area contributed by atoms with Crippen molar-refractivity contribution in [3.05, 3.63) is 35.9 Å². The maximum Gasteiger partial charge on any atom is 0.305 e. The van der Waals surface area contributed by atoms with E-state index in [4.69, 9.17) is 16.9 Å². The minimum Gasteiger partial charge on any atom is -0.481 e. The van der Waals surface area contributed by atoms with Gasteiger partial charge in [-0.3, -0.25) is 48.6 Å². The largest absolute Gasteiger partial charge is 0.481 e. The van der Waals surface area contributed by atoms with Crippen LogP contribution in [0.1, 0.15) is 31.7 Å². The average Bonchev–Trinajstić information content (AvgIpc) is 3.08. The summed E-state index contributed by atoms with van der Waals surface area (Å²) in [5.74, 6) is -8.34. The first kappa shape index (κ1) is 44.1. The van der Waals surface area contributed by atoms with Gasteiger partial charge in [-0.05, 0) is 18.4 Å². The third-order valence-corrected chi connectivity index (χ3v) is 7.14. The van der Waals surface area contributed by atoms with Crippen LogP contribution in [0.25, 0.3) is 0 Å². The summed E-state index contributed by atoms with van der Waals surface area (Å²) in [4.78, 5) is 110. The minimum absolute atomic E-state index is 0.00222. The fraction of sp³-hybridized carbons (Fsp3) is 0.467. The van der Waals surface area contributed by atoms with Gasteiger partial charge in [0.1, 0.15) is 24.2 Å². The lowest BCUT2D eigenvalue weighted by Gasteiger charge is -2.22. The molecule has 0 saturated carbocycles. The summed E-state index contributed by atoms with van der Waals surface area (Å²) in [6, 6.07) is 3.38. The van der Waals surface area contributed by atoms with E-state index in [-0.39, 0.29) is 37.5 Å².